The van der Waals surface area contributed by atoms with Crippen molar-refractivity contribution in [2.75, 3.05) is 44.6 Å². The van der Waals surface area contributed by atoms with E-state index in [9.17, 15) is 10.1 Å². The first-order chi connectivity index (χ1) is 11.1. The molecule has 0 spiro atoms. The summed E-state index contributed by atoms with van der Waals surface area (Å²) in [7, 11) is 0. The smallest absolute Gasteiger partial charge is 0.267 e. The summed E-state index contributed by atoms with van der Waals surface area (Å²) in [5.74, 6) is -0.417. The number of piperazine rings is 1. The van der Waals surface area contributed by atoms with Crippen LogP contribution in [0.1, 0.15) is 0 Å². The Labute approximate surface area is 141 Å². The second-order valence-corrected chi connectivity index (χ2v) is 5.72. The Morgan fingerprint density at radius 3 is 2.52 bits per heavy atom. The van der Waals surface area contributed by atoms with Crippen LogP contribution in [0.3, 0.4) is 0 Å². The Morgan fingerprint density at radius 1 is 1.30 bits per heavy atom. The highest BCUT2D eigenvalue weighted by Crippen LogP contribution is 2.14. The lowest BCUT2D eigenvalue weighted by atomic mass is 10.2. The van der Waals surface area contributed by atoms with Gasteiger partial charge in [-0.1, -0.05) is 11.6 Å². The highest BCUT2D eigenvalue weighted by Gasteiger charge is 2.16. The predicted octanol–water partition coefficient (Wildman–Crippen LogP) is 1.26. The highest BCUT2D eigenvalue weighted by molar-refractivity contribution is 6.30. The number of rotatable bonds is 5. The van der Waals surface area contributed by atoms with Gasteiger partial charge in [0.05, 0.1) is 0 Å². The molecule has 6 nitrogen and oxygen atoms in total. The Bertz CT molecular complexity index is 600. The van der Waals surface area contributed by atoms with Crippen molar-refractivity contribution < 1.29 is 4.79 Å². The first kappa shape index (κ1) is 17.3. The van der Waals surface area contributed by atoms with Gasteiger partial charge in [0, 0.05) is 56.2 Å². The van der Waals surface area contributed by atoms with Crippen LogP contribution in [0.15, 0.2) is 36.0 Å². The number of carbonyl (C=O) groups is 1. The van der Waals surface area contributed by atoms with Crippen LogP contribution in [0.25, 0.3) is 0 Å². The molecule has 1 aliphatic heterocycles. The van der Waals surface area contributed by atoms with Crippen LogP contribution in [-0.4, -0.2) is 55.0 Å². The number of halogens is 1. The lowest BCUT2D eigenvalue weighted by Gasteiger charge is -2.33. The first-order valence-electron chi connectivity index (χ1n) is 7.47. The van der Waals surface area contributed by atoms with E-state index in [0.29, 0.717) is 17.3 Å². The zero-order chi connectivity index (χ0) is 16.7. The lowest BCUT2D eigenvalue weighted by molar-refractivity contribution is -0.112. The summed E-state index contributed by atoms with van der Waals surface area (Å²) in [5, 5.41) is 12.5. The van der Waals surface area contributed by atoms with Gasteiger partial charge in [0.1, 0.15) is 11.6 Å². The summed E-state index contributed by atoms with van der Waals surface area (Å²) in [6.45, 7) is 4.83. The summed E-state index contributed by atoms with van der Waals surface area (Å²) in [5.41, 5.74) is 6.24. The molecule has 23 heavy (non-hydrogen) atoms. The molecule has 7 heteroatoms. The van der Waals surface area contributed by atoms with Crippen LogP contribution in [0, 0.1) is 11.3 Å². The van der Waals surface area contributed by atoms with Gasteiger partial charge in [-0.05, 0) is 24.3 Å². The Balaban J connectivity index is 1.95. The second-order valence-electron chi connectivity index (χ2n) is 5.28. The molecular formula is C16H20ClN5O. The Hall–Kier alpha value is -2.07. The molecule has 1 aromatic carbocycles. The minimum Gasteiger partial charge on any atom is -0.374 e. The molecule has 0 aliphatic carbocycles. The fraction of sp³-hybridized carbons (Fsp3) is 0.375. The molecule has 0 radical (unpaired) electrons. The molecule has 0 bridgehead atoms. The molecule has 0 saturated carbocycles. The van der Waals surface area contributed by atoms with Gasteiger partial charge < -0.3 is 16.0 Å². The van der Waals surface area contributed by atoms with Crippen molar-refractivity contribution in [1.82, 2.24) is 9.80 Å². The molecule has 0 unspecified atom stereocenters. The molecule has 122 valence electrons. The van der Waals surface area contributed by atoms with Crippen molar-refractivity contribution in [2.24, 2.45) is 5.73 Å². The molecule has 3 N–H and O–H groups in total. The Kier molecular flexibility index (Phi) is 6.41. The summed E-state index contributed by atoms with van der Waals surface area (Å²) in [6, 6.07) is 8.72. The van der Waals surface area contributed by atoms with Crippen LogP contribution in [0.2, 0.25) is 5.02 Å². The van der Waals surface area contributed by atoms with E-state index in [2.05, 4.69) is 10.2 Å². The molecular weight excluding hydrogens is 314 g/mol. The van der Waals surface area contributed by atoms with Crippen LogP contribution < -0.4 is 11.1 Å². The van der Waals surface area contributed by atoms with Crippen LogP contribution in [0.4, 0.5) is 5.69 Å². The molecule has 0 aromatic heterocycles. The molecule has 1 aromatic rings. The number of carbonyl (C=O) groups excluding carboxylic acids is 1. The quantitative estimate of drug-likeness (QED) is 0.626. The summed E-state index contributed by atoms with van der Waals surface area (Å²) >= 11 is 5.81. The largest absolute Gasteiger partial charge is 0.374 e. The standard InChI is InChI=1S/C16H20ClN5O/c17-14-1-3-15(4-2-14)20-16(23)13(11-19)12-22-9-7-21(6-5-18)8-10-22/h1-4,12H,5-10,18H2,(H,20,23)/b13-12-. The van der Waals surface area contributed by atoms with E-state index >= 15 is 0 Å². The fourth-order valence-electron chi connectivity index (χ4n) is 2.35. The van der Waals surface area contributed by atoms with Gasteiger partial charge in [-0.2, -0.15) is 5.26 Å². The van der Waals surface area contributed by atoms with Gasteiger partial charge in [0.15, 0.2) is 0 Å². The summed E-state index contributed by atoms with van der Waals surface area (Å²) in [6.07, 6.45) is 1.63. The SMILES string of the molecule is N#C/C(=C/N1CCN(CCN)CC1)C(=O)Nc1ccc(Cl)cc1. The number of amides is 1. The third kappa shape index (κ3) is 5.25. The number of hydrogen-bond acceptors (Lipinski definition) is 5. The maximum absolute atomic E-state index is 12.2. The maximum atomic E-state index is 12.2. The predicted molar refractivity (Wildman–Crippen MR) is 90.8 cm³/mol. The maximum Gasteiger partial charge on any atom is 0.267 e. The highest BCUT2D eigenvalue weighted by atomic mass is 35.5. The van der Waals surface area contributed by atoms with Gasteiger partial charge in [-0.3, -0.25) is 9.69 Å². The molecule has 1 aliphatic rings. The van der Waals surface area contributed by atoms with Crippen LogP contribution in [0.5, 0.6) is 0 Å². The van der Waals surface area contributed by atoms with Gasteiger partial charge in [-0.15, -0.1) is 0 Å². The van der Waals surface area contributed by atoms with Gasteiger partial charge in [-0.25, -0.2) is 0 Å². The first-order valence-corrected chi connectivity index (χ1v) is 7.85. The monoisotopic (exact) mass is 333 g/mol. The van der Waals surface area contributed by atoms with Crippen molar-refractivity contribution in [2.45, 2.75) is 0 Å². The lowest BCUT2D eigenvalue weighted by Crippen LogP contribution is -2.45. The fourth-order valence-corrected chi connectivity index (χ4v) is 2.48. The number of nitriles is 1. The van der Waals surface area contributed by atoms with E-state index in [1.807, 2.05) is 11.0 Å². The van der Waals surface area contributed by atoms with E-state index in [-0.39, 0.29) is 5.57 Å². The van der Waals surface area contributed by atoms with Crippen molar-refractivity contribution in [3.8, 4) is 6.07 Å². The van der Waals surface area contributed by atoms with E-state index in [0.717, 1.165) is 32.7 Å². The van der Waals surface area contributed by atoms with Crippen molar-refractivity contribution in [3.63, 3.8) is 0 Å². The van der Waals surface area contributed by atoms with Gasteiger partial charge in [0.2, 0.25) is 0 Å². The summed E-state index contributed by atoms with van der Waals surface area (Å²) < 4.78 is 0. The van der Waals surface area contributed by atoms with E-state index in [1.165, 1.54) is 0 Å². The third-order valence-corrected chi connectivity index (χ3v) is 3.88. The number of nitrogens with one attached hydrogen (secondary N) is 1. The van der Waals surface area contributed by atoms with Crippen LogP contribution >= 0.6 is 11.6 Å². The average molecular weight is 334 g/mol. The van der Waals surface area contributed by atoms with E-state index in [4.69, 9.17) is 17.3 Å². The molecule has 2 rings (SSSR count). The zero-order valence-electron chi connectivity index (χ0n) is 12.8. The third-order valence-electron chi connectivity index (χ3n) is 3.63. The average Bonchev–Trinajstić information content (AvgIpc) is 2.56. The van der Waals surface area contributed by atoms with Gasteiger partial charge >= 0.3 is 0 Å². The summed E-state index contributed by atoms with van der Waals surface area (Å²) in [4.78, 5) is 16.4. The number of nitrogens with zero attached hydrogens (tertiary/aromatic N) is 3. The number of hydrogen-bond donors (Lipinski definition) is 2. The molecule has 1 saturated heterocycles. The second kappa shape index (κ2) is 8.53. The minimum absolute atomic E-state index is 0.0900. The van der Waals surface area contributed by atoms with Gasteiger partial charge in [0.25, 0.3) is 5.91 Å². The van der Waals surface area contributed by atoms with E-state index in [1.54, 1.807) is 30.5 Å². The minimum atomic E-state index is -0.417. The Morgan fingerprint density at radius 2 is 1.96 bits per heavy atom. The van der Waals surface area contributed by atoms with Crippen molar-refractivity contribution in [3.05, 3.63) is 41.1 Å². The number of anilines is 1. The number of nitrogens with two attached hydrogens (primary N) is 1. The van der Waals surface area contributed by atoms with Crippen LogP contribution in [-0.2, 0) is 4.79 Å². The molecule has 0 atom stereocenters. The van der Waals surface area contributed by atoms with Crippen molar-refractivity contribution in [1.29, 1.82) is 5.26 Å². The molecule has 1 fully saturated rings. The number of benzene rings is 1. The molecule has 1 heterocycles. The normalized spacial score (nSPS) is 16.0. The van der Waals surface area contributed by atoms with E-state index < -0.39 is 5.91 Å². The zero-order valence-corrected chi connectivity index (χ0v) is 13.6. The molecule has 1 amide bonds. The van der Waals surface area contributed by atoms with Crippen molar-refractivity contribution >= 4 is 23.2 Å². The topological polar surface area (TPSA) is 85.4 Å².